The third-order valence-corrected chi connectivity index (χ3v) is 6.51. The van der Waals surface area contributed by atoms with E-state index in [1.165, 1.54) is 5.56 Å². The van der Waals surface area contributed by atoms with Gasteiger partial charge in [-0.1, -0.05) is 97.1 Å². The van der Waals surface area contributed by atoms with E-state index in [4.69, 9.17) is 9.47 Å². The lowest BCUT2D eigenvalue weighted by atomic mass is 10.0. The van der Waals surface area contributed by atoms with Crippen LogP contribution >= 0.6 is 0 Å². The molecule has 2 atom stereocenters. The van der Waals surface area contributed by atoms with Gasteiger partial charge in [0, 0.05) is 24.7 Å². The van der Waals surface area contributed by atoms with Crippen molar-refractivity contribution < 1.29 is 19.1 Å². The van der Waals surface area contributed by atoms with Gasteiger partial charge in [0.05, 0.1) is 12.8 Å². The molecule has 0 aliphatic carbocycles. The Morgan fingerprint density at radius 2 is 1.46 bits per heavy atom. The van der Waals surface area contributed by atoms with Crippen molar-refractivity contribution in [2.45, 2.75) is 38.0 Å². The standard InChI is InChI=1S/C34H35N3O4/c1-40-31-21-22-35-30(24-31)20-19-29(18-17-26-11-5-2-6-12-26)36-33(38)32(23-27-13-7-3-8-14-27)37-34(39)41-25-28-15-9-4-10-16-28/h2-16,19-22,24,29,32H,17-18,23,25H2,1H3,(H,36,38)(H,37,39). The number of benzene rings is 3. The normalized spacial score (nSPS) is 12.3. The third-order valence-electron chi connectivity index (χ3n) is 6.51. The minimum absolute atomic E-state index is 0.113. The van der Waals surface area contributed by atoms with E-state index in [1.807, 2.05) is 97.1 Å². The van der Waals surface area contributed by atoms with E-state index in [1.54, 1.807) is 19.4 Å². The smallest absolute Gasteiger partial charge is 0.408 e. The van der Waals surface area contributed by atoms with Crippen molar-refractivity contribution in [3.05, 3.63) is 138 Å². The first-order valence-corrected chi connectivity index (χ1v) is 13.6. The zero-order chi connectivity index (χ0) is 28.7. The van der Waals surface area contributed by atoms with Gasteiger partial charge < -0.3 is 20.1 Å². The number of aryl methyl sites for hydroxylation is 1. The molecule has 1 heterocycles. The van der Waals surface area contributed by atoms with E-state index in [2.05, 4.69) is 27.8 Å². The van der Waals surface area contributed by atoms with Crippen LogP contribution in [0.3, 0.4) is 0 Å². The molecule has 2 unspecified atom stereocenters. The van der Waals surface area contributed by atoms with Crippen LogP contribution in [0.5, 0.6) is 5.75 Å². The lowest BCUT2D eigenvalue weighted by molar-refractivity contribution is -0.123. The van der Waals surface area contributed by atoms with Crippen molar-refractivity contribution in [1.82, 2.24) is 15.6 Å². The van der Waals surface area contributed by atoms with Gasteiger partial charge in [0.25, 0.3) is 0 Å². The molecule has 1 aromatic heterocycles. The number of carbonyl (C=O) groups is 2. The second kappa shape index (κ2) is 15.6. The minimum atomic E-state index is -0.830. The zero-order valence-electron chi connectivity index (χ0n) is 23.1. The number of ether oxygens (including phenoxy) is 2. The molecule has 4 aromatic rings. The Balaban J connectivity index is 1.48. The van der Waals surface area contributed by atoms with Gasteiger partial charge in [-0.25, -0.2) is 4.79 Å². The van der Waals surface area contributed by atoms with Gasteiger partial charge in [0.2, 0.25) is 5.91 Å². The van der Waals surface area contributed by atoms with Crippen molar-refractivity contribution in [2.24, 2.45) is 0 Å². The van der Waals surface area contributed by atoms with Gasteiger partial charge in [-0.2, -0.15) is 0 Å². The number of rotatable bonds is 13. The maximum atomic E-state index is 13.6. The summed E-state index contributed by atoms with van der Waals surface area (Å²) >= 11 is 0. The molecule has 0 aliphatic rings. The second-order valence-corrected chi connectivity index (χ2v) is 9.57. The first-order chi connectivity index (χ1) is 20.1. The summed E-state index contributed by atoms with van der Waals surface area (Å²) in [6, 6.07) is 31.6. The number of carbonyl (C=O) groups excluding carboxylic acids is 2. The molecule has 0 spiro atoms. The predicted molar refractivity (Wildman–Crippen MR) is 160 cm³/mol. The van der Waals surface area contributed by atoms with Gasteiger partial charge in [-0.3, -0.25) is 9.78 Å². The molecule has 41 heavy (non-hydrogen) atoms. The predicted octanol–water partition coefficient (Wildman–Crippen LogP) is 5.76. The van der Waals surface area contributed by atoms with E-state index in [9.17, 15) is 9.59 Å². The van der Waals surface area contributed by atoms with Crippen molar-refractivity contribution in [3.63, 3.8) is 0 Å². The summed E-state index contributed by atoms with van der Waals surface area (Å²) in [5.41, 5.74) is 3.67. The lowest BCUT2D eigenvalue weighted by Gasteiger charge is -2.22. The van der Waals surface area contributed by atoms with E-state index in [0.717, 1.165) is 17.5 Å². The van der Waals surface area contributed by atoms with E-state index < -0.39 is 12.1 Å². The first-order valence-electron chi connectivity index (χ1n) is 13.6. The Bertz CT molecular complexity index is 1400. The zero-order valence-corrected chi connectivity index (χ0v) is 23.1. The summed E-state index contributed by atoms with van der Waals surface area (Å²) in [5.74, 6) is 0.400. The van der Waals surface area contributed by atoms with Crippen LogP contribution in [0, 0.1) is 0 Å². The van der Waals surface area contributed by atoms with Gasteiger partial charge in [-0.15, -0.1) is 0 Å². The molecule has 3 aromatic carbocycles. The van der Waals surface area contributed by atoms with Crippen LogP contribution in [-0.2, 0) is 29.0 Å². The van der Waals surface area contributed by atoms with Gasteiger partial charge in [-0.05, 0) is 41.7 Å². The maximum absolute atomic E-state index is 13.6. The fraction of sp³-hybridized carbons (Fsp3) is 0.206. The molecule has 7 nitrogen and oxygen atoms in total. The van der Waals surface area contributed by atoms with Crippen LogP contribution in [0.25, 0.3) is 6.08 Å². The Hall–Kier alpha value is -4.91. The largest absolute Gasteiger partial charge is 0.497 e. The van der Waals surface area contributed by atoms with Crippen LogP contribution in [-0.4, -0.2) is 36.2 Å². The molecule has 0 saturated carbocycles. The lowest BCUT2D eigenvalue weighted by Crippen LogP contribution is -2.50. The second-order valence-electron chi connectivity index (χ2n) is 9.57. The molecule has 0 fully saturated rings. The molecule has 0 saturated heterocycles. The number of amides is 2. The summed E-state index contributed by atoms with van der Waals surface area (Å²) in [6.45, 7) is 0.113. The summed E-state index contributed by atoms with van der Waals surface area (Å²) in [5, 5.41) is 5.91. The topological polar surface area (TPSA) is 89.5 Å². The molecule has 2 N–H and O–H groups in total. The van der Waals surface area contributed by atoms with Crippen molar-refractivity contribution in [3.8, 4) is 5.75 Å². The fourth-order valence-corrected chi connectivity index (χ4v) is 4.29. The Morgan fingerprint density at radius 1 is 0.829 bits per heavy atom. The summed E-state index contributed by atoms with van der Waals surface area (Å²) in [4.78, 5) is 30.8. The fourth-order valence-electron chi connectivity index (χ4n) is 4.29. The molecular weight excluding hydrogens is 514 g/mol. The number of nitrogens with zero attached hydrogens (tertiary/aromatic N) is 1. The molecule has 2 amide bonds. The van der Waals surface area contributed by atoms with E-state index in [-0.39, 0.29) is 18.6 Å². The Labute approximate surface area is 241 Å². The van der Waals surface area contributed by atoms with Crippen LogP contribution in [0.2, 0.25) is 0 Å². The molecule has 0 bridgehead atoms. The number of pyridine rings is 1. The minimum Gasteiger partial charge on any atom is -0.497 e. The molecular formula is C34H35N3O4. The monoisotopic (exact) mass is 549 g/mol. The maximum Gasteiger partial charge on any atom is 0.408 e. The highest BCUT2D eigenvalue weighted by molar-refractivity contribution is 5.86. The Morgan fingerprint density at radius 3 is 2.12 bits per heavy atom. The SMILES string of the molecule is COc1ccnc(C=CC(CCc2ccccc2)NC(=O)C(Cc2ccccc2)NC(=O)OCc2ccccc2)c1. The van der Waals surface area contributed by atoms with Crippen molar-refractivity contribution >= 4 is 18.1 Å². The molecule has 0 aliphatic heterocycles. The molecule has 4 rings (SSSR count). The first kappa shape index (κ1) is 29.1. The molecule has 7 heteroatoms. The number of hydrogen-bond acceptors (Lipinski definition) is 5. The highest BCUT2D eigenvalue weighted by Gasteiger charge is 2.24. The van der Waals surface area contributed by atoms with Crippen molar-refractivity contribution in [2.75, 3.05) is 7.11 Å². The number of methoxy groups -OCH3 is 1. The van der Waals surface area contributed by atoms with Gasteiger partial charge in [0.15, 0.2) is 0 Å². The molecule has 0 radical (unpaired) electrons. The van der Waals surface area contributed by atoms with E-state index >= 15 is 0 Å². The Kier molecular flexibility index (Phi) is 11.1. The van der Waals surface area contributed by atoms with E-state index in [0.29, 0.717) is 24.3 Å². The van der Waals surface area contributed by atoms with Crippen LogP contribution < -0.4 is 15.4 Å². The average molecular weight is 550 g/mol. The number of aromatic nitrogens is 1. The van der Waals surface area contributed by atoms with Gasteiger partial charge >= 0.3 is 6.09 Å². The summed E-state index contributed by atoms with van der Waals surface area (Å²) in [7, 11) is 1.61. The van der Waals surface area contributed by atoms with Crippen LogP contribution in [0.4, 0.5) is 4.79 Å². The third kappa shape index (κ3) is 9.97. The van der Waals surface area contributed by atoms with Crippen LogP contribution in [0.1, 0.15) is 28.8 Å². The van der Waals surface area contributed by atoms with Crippen molar-refractivity contribution in [1.29, 1.82) is 0 Å². The summed E-state index contributed by atoms with van der Waals surface area (Å²) in [6.07, 6.45) is 6.56. The average Bonchev–Trinajstić information content (AvgIpc) is 3.02. The highest BCUT2D eigenvalue weighted by Crippen LogP contribution is 2.13. The van der Waals surface area contributed by atoms with Gasteiger partial charge in [0.1, 0.15) is 18.4 Å². The van der Waals surface area contributed by atoms with Crippen LogP contribution in [0.15, 0.2) is 115 Å². The number of hydrogen-bond donors (Lipinski definition) is 2. The number of nitrogens with one attached hydrogen (secondary N) is 2. The molecule has 210 valence electrons. The quantitative estimate of drug-likeness (QED) is 0.221. The summed E-state index contributed by atoms with van der Waals surface area (Å²) < 4.78 is 10.7. The highest BCUT2D eigenvalue weighted by atomic mass is 16.5. The number of alkyl carbamates (subject to hydrolysis) is 1.